The highest BCUT2D eigenvalue weighted by Crippen LogP contribution is 2.55. The normalized spacial score (nSPS) is 15.2. The molecule has 0 bridgehead atoms. The summed E-state index contributed by atoms with van der Waals surface area (Å²) in [5, 5.41) is -2.19. The number of hydrogen-bond donors (Lipinski definition) is 0. The minimum atomic E-state index is -4.01. The van der Waals surface area contributed by atoms with Crippen LogP contribution in [0.1, 0.15) is 19.4 Å². The third-order valence-electron chi connectivity index (χ3n) is 2.30. The monoisotopic (exact) mass is 308 g/mol. The van der Waals surface area contributed by atoms with Gasteiger partial charge in [-0.15, -0.1) is 0 Å². The molecule has 0 radical (unpaired) electrons. The van der Waals surface area contributed by atoms with Crippen molar-refractivity contribution in [1.29, 1.82) is 0 Å². The molecule has 1 rings (SSSR count). The number of aryl methyl sites for hydroxylation is 1. The first kappa shape index (κ1) is 16.5. The molecule has 0 heterocycles. The summed E-state index contributed by atoms with van der Waals surface area (Å²) in [5.74, 6) is 0. The van der Waals surface area contributed by atoms with Crippen LogP contribution in [0.3, 0.4) is 0 Å². The average molecular weight is 308 g/mol. The molecule has 0 aliphatic heterocycles. The summed E-state index contributed by atoms with van der Waals surface area (Å²) in [4.78, 5) is 0.262. The Morgan fingerprint density at radius 2 is 1.68 bits per heavy atom. The second-order valence-corrected chi connectivity index (χ2v) is 7.66. The lowest BCUT2D eigenvalue weighted by atomic mass is 10.2. The van der Waals surface area contributed by atoms with Crippen molar-refractivity contribution in [1.82, 2.24) is 0 Å². The highest BCUT2D eigenvalue weighted by atomic mass is 32.2. The van der Waals surface area contributed by atoms with Gasteiger partial charge in [-0.25, -0.2) is 4.39 Å². The molecule has 1 aromatic carbocycles. The number of hydrogen-bond acceptors (Lipinski definition) is 4. The van der Waals surface area contributed by atoms with Gasteiger partial charge in [-0.3, -0.25) is 8.77 Å². The molecule has 0 aliphatic carbocycles. The molecule has 7 heteroatoms. The van der Waals surface area contributed by atoms with Gasteiger partial charge < -0.3 is 9.05 Å². The van der Waals surface area contributed by atoms with Gasteiger partial charge in [0.15, 0.2) is 0 Å². The number of rotatable bonds is 7. The van der Waals surface area contributed by atoms with E-state index in [0.29, 0.717) is 0 Å². The van der Waals surface area contributed by atoms with Gasteiger partial charge in [0.1, 0.15) is 10.8 Å². The van der Waals surface area contributed by atoms with E-state index >= 15 is 0 Å². The van der Waals surface area contributed by atoms with Crippen LogP contribution in [0.4, 0.5) is 4.39 Å². The van der Waals surface area contributed by atoms with E-state index in [1.54, 1.807) is 38.1 Å². The molecule has 0 saturated carbocycles. The first-order valence-corrected chi connectivity index (χ1v) is 8.77. The lowest BCUT2D eigenvalue weighted by molar-refractivity contribution is 0.204. The summed E-state index contributed by atoms with van der Waals surface area (Å²) in [5.41, 5.74) is 0.967. The van der Waals surface area contributed by atoms with E-state index in [1.165, 1.54) is 0 Å². The van der Waals surface area contributed by atoms with E-state index in [4.69, 9.17) is 9.05 Å². The van der Waals surface area contributed by atoms with E-state index in [2.05, 4.69) is 0 Å². The average Bonchev–Trinajstić information content (AvgIpc) is 2.38. The van der Waals surface area contributed by atoms with Crippen molar-refractivity contribution < 1.29 is 22.2 Å². The molecule has 0 spiro atoms. The molecule has 0 saturated heterocycles. The van der Waals surface area contributed by atoms with E-state index in [9.17, 15) is 13.2 Å². The quantitative estimate of drug-likeness (QED) is 0.722. The lowest BCUT2D eigenvalue weighted by Gasteiger charge is -2.20. The smallest absolute Gasteiger partial charge is 0.306 e. The van der Waals surface area contributed by atoms with Crippen LogP contribution in [0.5, 0.6) is 0 Å². The summed E-state index contributed by atoms with van der Waals surface area (Å²) in [6, 6.07) is 6.51. The van der Waals surface area contributed by atoms with Gasteiger partial charge in [0.05, 0.1) is 13.2 Å². The second-order valence-electron chi connectivity index (χ2n) is 3.78. The fourth-order valence-electron chi connectivity index (χ4n) is 1.42. The molecule has 19 heavy (non-hydrogen) atoms. The number of benzene rings is 1. The van der Waals surface area contributed by atoms with Gasteiger partial charge in [0.25, 0.3) is 5.24 Å². The third kappa shape index (κ3) is 4.21. The Morgan fingerprint density at radius 3 is 2.11 bits per heavy atom. The summed E-state index contributed by atoms with van der Waals surface area (Å²) in [6.07, 6.45) is 0. The van der Waals surface area contributed by atoms with Gasteiger partial charge >= 0.3 is 7.60 Å². The van der Waals surface area contributed by atoms with Crippen molar-refractivity contribution in [2.75, 3.05) is 13.2 Å². The highest BCUT2D eigenvalue weighted by Gasteiger charge is 2.41. The van der Waals surface area contributed by atoms with Crippen LogP contribution in [-0.2, 0) is 24.4 Å². The van der Waals surface area contributed by atoms with Gasteiger partial charge in [0, 0.05) is 4.90 Å². The maximum atomic E-state index is 14.2. The molecule has 1 aromatic rings. The van der Waals surface area contributed by atoms with Crippen molar-refractivity contribution >= 4 is 18.4 Å². The van der Waals surface area contributed by atoms with E-state index in [1.807, 2.05) is 6.92 Å². The van der Waals surface area contributed by atoms with Crippen LogP contribution in [0.15, 0.2) is 29.2 Å². The van der Waals surface area contributed by atoms with Crippen LogP contribution in [0.25, 0.3) is 0 Å². The fraction of sp³-hybridized carbons (Fsp3) is 0.500. The molecule has 0 N–H and O–H groups in total. The van der Waals surface area contributed by atoms with E-state index in [-0.39, 0.29) is 18.1 Å². The maximum Gasteiger partial charge on any atom is 0.377 e. The Bertz CT molecular complexity index is 467. The fourth-order valence-corrected chi connectivity index (χ4v) is 4.74. The molecule has 0 aromatic heterocycles. The van der Waals surface area contributed by atoms with Crippen LogP contribution < -0.4 is 0 Å². The SMILES string of the molecule is CCOP(=O)(OCC)C(F)S(=O)c1ccc(C)cc1. The first-order valence-electron chi connectivity index (χ1n) is 5.94. The standard InChI is InChI=1S/C12H18FO4PS/c1-4-16-18(14,17-5-2)12(13)19(15)11-8-6-10(3)7-9-11/h6-9,12H,4-5H2,1-3H3. The zero-order valence-corrected chi connectivity index (χ0v) is 12.9. The summed E-state index contributed by atoms with van der Waals surface area (Å²) >= 11 is 0. The first-order chi connectivity index (χ1) is 8.94. The van der Waals surface area contributed by atoms with E-state index < -0.39 is 23.6 Å². The molecule has 2 atom stereocenters. The summed E-state index contributed by atoms with van der Waals surface area (Å²) < 4.78 is 48.2. The number of halogens is 1. The van der Waals surface area contributed by atoms with Crippen molar-refractivity contribution in [3.63, 3.8) is 0 Å². The molecule has 108 valence electrons. The molecule has 0 fully saturated rings. The minimum absolute atomic E-state index is 0.0306. The summed E-state index contributed by atoms with van der Waals surface area (Å²) in [7, 11) is -6.10. The van der Waals surface area contributed by atoms with Crippen LogP contribution in [0.2, 0.25) is 0 Å². The minimum Gasteiger partial charge on any atom is -0.306 e. The Kier molecular flexibility index (Phi) is 6.33. The molecule has 0 aliphatic rings. The van der Waals surface area contributed by atoms with Crippen molar-refractivity contribution in [3.05, 3.63) is 29.8 Å². The lowest BCUT2D eigenvalue weighted by Crippen LogP contribution is -2.14. The van der Waals surface area contributed by atoms with Crippen molar-refractivity contribution in [2.45, 2.75) is 30.9 Å². The Morgan fingerprint density at radius 1 is 1.21 bits per heavy atom. The van der Waals surface area contributed by atoms with Gasteiger partial charge in [-0.1, -0.05) is 17.7 Å². The van der Waals surface area contributed by atoms with Gasteiger partial charge in [-0.05, 0) is 32.9 Å². The zero-order chi connectivity index (χ0) is 14.5. The molecular formula is C12H18FO4PS. The zero-order valence-electron chi connectivity index (χ0n) is 11.2. The Balaban J connectivity index is 2.96. The maximum absolute atomic E-state index is 14.2. The Hall–Kier alpha value is -0.550. The Labute approximate surface area is 115 Å². The van der Waals surface area contributed by atoms with Crippen LogP contribution >= 0.6 is 7.60 Å². The molecule has 0 amide bonds. The topological polar surface area (TPSA) is 52.6 Å². The van der Waals surface area contributed by atoms with E-state index in [0.717, 1.165) is 5.56 Å². The van der Waals surface area contributed by atoms with Crippen LogP contribution in [0, 0.1) is 6.92 Å². The molecule has 2 unspecified atom stereocenters. The predicted octanol–water partition coefficient (Wildman–Crippen LogP) is 3.62. The van der Waals surface area contributed by atoms with Crippen molar-refractivity contribution in [3.8, 4) is 0 Å². The third-order valence-corrected chi connectivity index (χ3v) is 6.47. The molecular weight excluding hydrogens is 290 g/mol. The number of alkyl halides is 1. The highest BCUT2D eigenvalue weighted by molar-refractivity contribution is 7.93. The summed E-state index contributed by atoms with van der Waals surface area (Å²) in [6.45, 7) is 5.08. The van der Waals surface area contributed by atoms with Gasteiger partial charge in [-0.2, -0.15) is 0 Å². The van der Waals surface area contributed by atoms with Crippen LogP contribution in [-0.4, -0.2) is 22.7 Å². The largest absolute Gasteiger partial charge is 0.377 e. The van der Waals surface area contributed by atoms with Crippen molar-refractivity contribution in [2.24, 2.45) is 0 Å². The molecule has 4 nitrogen and oxygen atoms in total. The second kappa shape index (κ2) is 7.29. The van der Waals surface area contributed by atoms with Gasteiger partial charge in [0.2, 0.25) is 0 Å². The predicted molar refractivity (Wildman–Crippen MR) is 73.3 cm³/mol.